The van der Waals surface area contributed by atoms with Crippen molar-refractivity contribution in [2.75, 3.05) is 11.4 Å². The van der Waals surface area contributed by atoms with Gasteiger partial charge in [0.15, 0.2) is 10.9 Å². The lowest BCUT2D eigenvalue weighted by Gasteiger charge is -2.37. The average Bonchev–Trinajstić information content (AvgIpc) is 2.74. The molecule has 0 spiro atoms. The molecule has 4 nitrogen and oxygen atoms in total. The lowest BCUT2D eigenvalue weighted by Crippen LogP contribution is -2.34. The van der Waals surface area contributed by atoms with Gasteiger partial charge in [-0.25, -0.2) is 4.98 Å². The van der Waals surface area contributed by atoms with Gasteiger partial charge >= 0.3 is 0 Å². The summed E-state index contributed by atoms with van der Waals surface area (Å²) in [5, 5.41) is 0.402. The van der Waals surface area contributed by atoms with E-state index in [4.69, 9.17) is 16.3 Å². The highest BCUT2D eigenvalue weighted by Crippen LogP contribution is 2.35. The summed E-state index contributed by atoms with van der Waals surface area (Å²) in [5.74, 6) is 1.50. The molecule has 0 bridgehead atoms. The molecule has 27 heavy (non-hydrogen) atoms. The Morgan fingerprint density at radius 2 is 1.93 bits per heavy atom. The fourth-order valence-corrected chi connectivity index (χ4v) is 3.74. The van der Waals surface area contributed by atoms with E-state index < -0.39 is 0 Å². The quantitative estimate of drug-likeness (QED) is 0.553. The van der Waals surface area contributed by atoms with E-state index in [9.17, 15) is 0 Å². The van der Waals surface area contributed by atoms with Crippen LogP contribution in [0.25, 0.3) is 0 Å². The molecule has 4 rings (SSSR count). The van der Waals surface area contributed by atoms with Crippen molar-refractivity contribution in [2.24, 2.45) is 0 Å². The normalized spacial score (nSPS) is 16.9. The highest BCUT2D eigenvalue weighted by molar-refractivity contribution is 6.30. The Labute approximate surface area is 164 Å². The summed E-state index contributed by atoms with van der Waals surface area (Å²) < 4.78 is 5.85. The highest BCUT2D eigenvalue weighted by atomic mass is 35.5. The van der Waals surface area contributed by atoms with E-state index in [1.807, 2.05) is 60.9 Å². The largest absolute Gasteiger partial charge is 0.486 e. The molecule has 0 saturated carbocycles. The van der Waals surface area contributed by atoms with Gasteiger partial charge in [-0.1, -0.05) is 48.0 Å². The molecule has 1 aliphatic heterocycles. The first-order valence-corrected chi connectivity index (χ1v) is 9.69. The van der Waals surface area contributed by atoms with Crippen molar-refractivity contribution in [2.45, 2.75) is 31.9 Å². The summed E-state index contributed by atoms with van der Waals surface area (Å²) in [7, 11) is 0. The zero-order valence-electron chi connectivity index (χ0n) is 15.1. The third-order valence-electron chi connectivity index (χ3n) is 4.90. The number of hydrogen-bond acceptors (Lipinski definition) is 4. The van der Waals surface area contributed by atoms with Crippen molar-refractivity contribution in [1.82, 2.24) is 9.97 Å². The number of anilines is 1. The van der Waals surface area contributed by atoms with E-state index in [0.717, 1.165) is 30.8 Å². The Balaban J connectivity index is 1.52. The Morgan fingerprint density at radius 3 is 2.70 bits per heavy atom. The Kier molecular flexibility index (Phi) is 5.54. The monoisotopic (exact) mass is 379 g/mol. The van der Waals surface area contributed by atoms with Gasteiger partial charge in [0.05, 0.1) is 6.04 Å². The number of ether oxygens (including phenoxy) is 1. The number of pyridine rings is 2. The summed E-state index contributed by atoms with van der Waals surface area (Å²) >= 11 is 6.43. The van der Waals surface area contributed by atoms with Gasteiger partial charge in [0, 0.05) is 18.9 Å². The molecule has 3 aromatic rings. The maximum atomic E-state index is 6.43. The van der Waals surface area contributed by atoms with E-state index in [1.54, 1.807) is 0 Å². The van der Waals surface area contributed by atoms with Crippen LogP contribution in [0.4, 0.5) is 5.82 Å². The third kappa shape index (κ3) is 4.22. The number of rotatable bonds is 5. The van der Waals surface area contributed by atoms with Crippen LogP contribution in [-0.2, 0) is 6.61 Å². The second kappa shape index (κ2) is 8.40. The first-order chi connectivity index (χ1) is 13.3. The molecule has 5 heteroatoms. The molecular weight excluding hydrogens is 358 g/mol. The molecule has 0 radical (unpaired) electrons. The number of halogens is 1. The van der Waals surface area contributed by atoms with Crippen molar-refractivity contribution in [3.8, 4) is 5.75 Å². The van der Waals surface area contributed by atoms with Gasteiger partial charge in [-0.3, -0.25) is 4.98 Å². The molecule has 1 saturated heterocycles. The minimum Gasteiger partial charge on any atom is -0.486 e. The van der Waals surface area contributed by atoms with E-state index in [0.29, 0.717) is 17.5 Å². The number of aromatic nitrogens is 2. The second-order valence-corrected chi connectivity index (χ2v) is 7.08. The standard InChI is InChI=1S/C22H22ClN3O/c23-22-20(27-16-17-7-2-1-3-8-17)11-12-21(25-22)26-14-5-4-10-19(26)18-9-6-13-24-15-18/h1-3,6-9,11-13,15,19H,4-5,10,14,16H2. The first-order valence-electron chi connectivity index (χ1n) is 9.31. The van der Waals surface area contributed by atoms with Crippen LogP contribution in [0.3, 0.4) is 0 Å². The van der Waals surface area contributed by atoms with Crippen LogP contribution in [0.5, 0.6) is 5.75 Å². The number of piperidine rings is 1. The Hall–Kier alpha value is -2.59. The van der Waals surface area contributed by atoms with Crippen LogP contribution in [0.1, 0.15) is 36.4 Å². The Bertz CT molecular complexity index is 873. The molecule has 1 fully saturated rings. The molecule has 138 valence electrons. The van der Waals surface area contributed by atoms with Gasteiger partial charge in [0.1, 0.15) is 12.4 Å². The number of nitrogens with zero attached hydrogens (tertiary/aromatic N) is 3. The van der Waals surface area contributed by atoms with Crippen molar-refractivity contribution in [1.29, 1.82) is 0 Å². The predicted octanol–water partition coefficient (Wildman–Crippen LogP) is 5.44. The number of benzene rings is 1. The predicted molar refractivity (Wildman–Crippen MR) is 108 cm³/mol. The fraction of sp³-hybridized carbons (Fsp3) is 0.273. The molecule has 1 unspecified atom stereocenters. The summed E-state index contributed by atoms with van der Waals surface area (Å²) in [6, 6.07) is 18.4. The average molecular weight is 380 g/mol. The van der Waals surface area contributed by atoms with Gasteiger partial charge in [-0.05, 0) is 48.6 Å². The molecular formula is C22H22ClN3O. The second-order valence-electron chi connectivity index (χ2n) is 6.72. The molecule has 3 heterocycles. The van der Waals surface area contributed by atoms with Crippen molar-refractivity contribution in [3.05, 3.63) is 83.3 Å². The van der Waals surface area contributed by atoms with Crippen LogP contribution in [0.15, 0.2) is 67.0 Å². The van der Waals surface area contributed by atoms with Crippen molar-refractivity contribution in [3.63, 3.8) is 0 Å². The SMILES string of the molecule is Clc1nc(N2CCCCC2c2cccnc2)ccc1OCc1ccccc1. The summed E-state index contributed by atoms with van der Waals surface area (Å²) in [5.41, 5.74) is 2.32. The van der Waals surface area contributed by atoms with Crippen molar-refractivity contribution < 1.29 is 4.74 Å². The van der Waals surface area contributed by atoms with E-state index in [2.05, 4.69) is 20.9 Å². The topological polar surface area (TPSA) is 38.2 Å². The van der Waals surface area contributed by atoms with E-state index in [-0.39, 0.29) is 6.04 Å². The zero-order valence-corrected chi connectivity index (χ0v) is 15.8. The smallest absolute Gasteiger partial charge is 0.173 e. The molecule has 1 aliphatic rings. The maximum absolute atomic E-state index is 6.43. The van der Waals surface area contributed by atoms with Gasteiger partial charge in [0.2, 0.25) is 0 Å². The van der Waals surface area contributed by atoms with Crippen LogP contribution in [0, 0.1) is 0 Å². The number of hydrogen-bond donors (Lipinski definition) is 0. The van der Waals surface area contributed by atoms with Gasteiger partial charge < -0.3 is 9.64 Å². The molecule has 0 N–H and O–H groups in total. The third-order valence-corrected chi connectivity index (χ3v) is 5.17. The first kappa shape index (κ1) is 17.8. The lowest BCUT2D eigenvalue weighted by atomic mass is 9.96. The fourth-order valence-electron chi connectivity index (χ4n) is 3.54. The highest BCUT2D eigenvalue weighted by Gasteiger charge is 2.25. The van der Waals surface area contributed by atoms with Crippen molar-refractivity contribution >= 4 is 17.4 Å². The summed E-state index contributed by atoms with van der Waals surface area (Å²) in [4.78, 5) is 11.2. The van der Waals surface area contributed by atoms with Gasteiger partial charge in [-0.2, -0.15) is 0 Å². The van der Waals surface area contributed by atoms with Crippen LogP contribution in [-0.4, -0.2) is 16.5 Å². The van der Waals surface area contributed by atoms with Crippen LogP contribution >= 0.6 is 11.6 Å². The van der Waals surface area contributed by atoms with E-state index >= 15 is 0 Å². The maximum Gasteiger partial charge on any atom is 0.173 e. The molecule has 1 aromatic carbocycles. The summed E-state index contributed by atoms with van der Waals surface area (Å²) in [6.45, 7) is 1.44. The Morgan fingerprint density at radius 1 is 1.04 bits per heavy atom. The molecule has 0 aliphatic carbocycles. The molecule has 2 aromatic heterocycles. The molecule has 1 atom stereocenters. The zero-order chi connectivity index (χ0) is 18.5. The van der Waals surface area contributed by atoms with Gasteiger partial charge in [-0.15, -0.1) is 0 Å². The van der Waals surface area contributed by atoms with E-state index in [1.165, 1.54) is 12.0 Å². The summed E-state index contributed by atoms with van der Waals surface area (Å²) in [6.07, 6.45) is 7.22. The van der Waals surface area contributed by atoms with Gasteiger partial charge in [0.25, 0.3) is 0 Å². The van der Waals surface area contributed by atoms with Crippen LogP contribution < -0.4 is 9.64 Å². The minimum atomic E-state index is 0.284. The molecule has 0 amide bonds. The minimum absolute atomic E-state index is 0.284. The lowest BCUT2D eigenvalue weighted by molar-refractivity contribution is 0.305. The van der Waals surface area contributed by atoms with Crippen LogP contribution in [0.2, 0.25) is 5.15 Å².